The van der Waals surface area contributed by atoms with Crippen LogP contribution < -0.4 is 5.32 Å². The normalized spacial score (nSPS) is 19.4. The summed E-state index contributed by atoms with van der Waals surface area (Å²) in [5, 5.41) is 10.8. The molecule has 0 saturated carbocycles. The third-order valence-corrected chi connectivity index (χ3v) is 3.20. The molecule has 0 unspecified atom stereocenters. The molecule has 0 aliphatic carbocycles. The molecule has 2 heterocycles. The number of hydrogen-bond acceptors (Lipinski definition) is 2. The van der Waals surface area contributed by atoms with E-state index >= 15 is 0 Å². The van der Waals surface area contributed by atoms with E-state index in [1.54, 1.807) is 0 Å². The summed E-state index contributed by atoms with van der Waals surface area (Å²) in [6, 6.07) is 0. The van der Waals surface area contributed by atoms with Crippen LogP contribution in [0.25, 0.3) is 0 Å². The van der Waals surface area contributed by atoms with Crippen LogP contribution in [-0.4, -0.2) is 23.3 Å². The molecule has 3 nitrogen and oxygen atoms in total. The number of aromatic nitrogens is 2. The van der Waals surface area contributed by atoms with E-state index in [0.29, 0.717) is 5.92 Å². The zero-order chi connectivity index (χ0) is 10.9. The topological polar surface area (TPSA) is 40.7 Å². The summed E-state index contributed by atoms with van der Waals surface area (Å²) < 4.78 is 0. The predicted molar refractivity (Wildman–Crippen MR) is 62.1 cm³/mol. The van der Waals surface area contributed by atoms with Gasteiger partial charge in [0.15, 0.2) is 0 Å². The van der Waals surface area contributed by atoms with Gasteiger partial charge >= 0.3 is 0 Å². The fraction of sp³-hybridized carbons (Fsp3) is 0.750. The molecule has 1 aromatic heterocycles. The number of aromatic amines is 1. The first kappa shape index (κ1) is 10.7. The van der Waals surface area contributed by atoms with Crippen molar-refractivity contribution in [1.82, 2.24) is 15.5 Å². The Balaban J connectivity index is 2.24. The highest BCUT2D eigenvalue weighted by Crippen LogP contribution is 2.32. The van der Waals surface area contributed by atoms with Crippen LogP contribution in [0.15, 0.2) is 6.20 Å². The molecule has 0 bridgehead atoms. The van der Waals surface area contributed by atoms with Crippen molar-refractivity contribution < 1.29 is 0 Å². The lowest BCUT2D eigenvalue weighted by atomic mass is 9.82. The van der Waals surface area contributed by atoms with E-state index in [4.69, 9.17) is 0 Å². The van der Waals surface area contributed by atoms with E-state index in [0.717, 1.165) is 13.1 Å². The van der Waals surface area contributed by atoms with Crippen LogP contribution in [0, 0.1) is 0 Å². The maximum Gasteiger partial charge on any atom is 0.0525 e. The Morgan fingerprint density at radius 2 is 1.93 bits per heavy atom. The van der Waals surface area contributed by atoms with Crippen molar-refractivity contribution in [2.45, 2.75) is 44.9 Å². The first-order valence-corrected chi connectivity index (χ1v) is 5.83. The number of hydrogen-bond donors (Lipinski definition) is 2. The Labute approximate surface area is 91.7 Å². The molecule has 1 aliphatic rings. The third kappa shape index (κ3) is 2.23. The van der Waals surface area contributed by atoms with Crippen molar-refractivity contribution in [2.24, 2.45) is 0 Å². The highest BCUT2D eigenvalue weighted by Gasteiger charge is 2.25. The van der Waals surface area contributed by atoms with Gasteiger partial charge in [0, 0.05) is 11.1 Å². The Bertz CT molecular complexity index is 316. The molecule has 2 N–H and O–H groups in total. The van der Waals surface area contributed by atoms with Gasteiger partial charge in [-0.15, -0.1) is 0 Å². The van der Waals surface area contributed by atoms with E-state index < -0.39 is 0 Å². The van der Waals surface area contributed by atoms with Gasteiger partial charge in [-0.1, -0.05) is 20.8 Å². The lowest BCUT2D eigenvalue weighted by Crippen LogP contribution is -2.28. The molecule has 0 radical (unpaired) electrons. The van der Waals surface area contributed by atoms with Gasteiger partial charge in [-0.25, -0.2) is 0 Å². The van der Waals surface area contributed by atoms with Gasteiger partial charge in [0.2, 0.25) is 0 Å². The second kappa shape index (κ2) is 3.97. The summed E-state index contributed by atoms with van der Waals surface area (Å²) in [5.74, 6) is 0.694. The zero-order valence-electron chi connectivity index (χ0n) is 9.93. The maximum absolute atomic E-state index is 4.22. The number of nitrogens with zero attached hydrogens (tertiary/aromatic N) is 1. The van der Waals surface area contributed by atoms with E-state index in [2.05, 4.69) is 36.3 Å². The lowest BCUT2D eigenvalue weighted by Gasteiger charge is -2.26. The van der Waals surface area contributed by atoms with Crippen molar-refractivity contribution in [3.8, 4) is 0 Å². The molecule has 15 heavy (non-hydrogen) atoms. The van der Waals surface area contributed by atoms with Crippen molar-refractivity contribution >= 4 is 0 Å². The van der Waals surface area contributed by atoms with Gasteiger partial charge in [-0.05, 0) is 37.4 Å². The van der Waals surface area contributed by atoms with Crippen molar-refractivity contribution in [1.29, 1.82) is 0 Å². The summed E-state index contributed by atoms with van der Waals surface area (Å²) in [6.45, 7) is 9.00. The minimum Gasteiger partial charge on any atom is -0.317 e. The highest BCUT2D eigenvalue weighted by atomic mass is 15.1. The van der Waals surface area contributed by atoms with Gasteiger partial charge in [0.05, 0.1) is 6.20 Å². The molecule has 1 saturated heterocycles. The number of rotatable bonds is 1. The van der Waals surface area contributed by atoms with Crippen LogP contribution in [0.4, 0.5) is 0 Å². The van der Waals surface area contributed by atoms with E-state index in [1.165, 1.54) is 24.1 Å². The molecular weight excluding hydrogens is 186 g/mol. The molecule has 3 heteroatoms. The second-order valence-electron chi connectivity index (χ2n) is 5.47. The van der Waals surface area contributed by atoms with Gasteiger partial charge in [0.25, 0.3) is 0 Å². The molecule has 0 aromatic carbocycles. The minimum atomic E-state index is 0.177. The van der Waals surface area contributed by atoms with Gasteiger partial charge in [-0.3, -0.25) is 5.10 Å². The number of H-pyrrole nitrogens is 1. The fourth-order valence-electron chi connectivity index (χ4n) is 2.34. The quantitative estimate of drug-likeness (QED) is 0.741. The zero-order valence-corrected chi connectivity index (χ0v) is 9.93. The molecule has 84 valence electrons. The average molecular weight is 207 g/mol. The predicted octanol–water partition coefficient (Wildman–Crippen LogP) is 2.17. The summed E-state index contributed by atoms with van der Waals surface area (Å²) in [7, 11) is 0. The van der Waals surface area contributed by atoms with Crippen LogP contribution >= 0.6 is 0 Å². The molecule has 1 aliphatic heterocycles. The maximum atomic E-state index is 4.22. The number of nitrogens with one attached hydrogen (secondary N) is 2. The summed E-state index contributed by atoms with van der Waals surface area (Å²) in [6.07, 6.45) is 4.50. The largest absolute Gasteiger partial charge is 0.317 e. The Morgan fingerprint density at radius 1 is 1.27 bits per heavy atom. The van der Waals surface area contributed by atoms with E-state index in [-0.39, 0.29) is 5.41 Å². The summed E-state index contributed by atoms with van der Waals surface area (Å²) in [5.41, 5.74) is 2.93. The third-order valence-electron chi connectivity index (χ3n) is 3.20. The Hall–Kier alpha value is -0.830. The van der Waals surface area contributed by atoms with Gasteiger partial charge in [0.1, 0.15) is 0 Å². The molecule has 1 aromatic rings. The van der Waals surface area contributed by atoms with Gasteiger partial charge < -0.3 is 5.32 Å². The van der Waals surface area contributed by atoms with Crippen molar-refractivity contribution in [3.05, 3.63) is 17.5 Å². The van der Waals surface area contributed by atoms with E-state index in [9.17, 15) is 0 Å². The van der Waals surface area contributed by atoms with Crippen LogP contribution in [0.5, 0.6) is 0 Å². The first-order valence-electron chi connectivity index (χ1n) is 5.83. The Morgan fingerprint density at radius 3 is 2.53 bits per heavy atom. The van der Waals surface area contributed by atoms with E-state index in [1.807, 2.05) is 6.20 Å². The van der Waals surface area contributed by atoms with Gasteiger partial charge in [-0.2, -0.15) is 5.10 Å². The molecule has 2 rings (SSSR count). The first-order chi connectivity index (χ1) is 7.09. The average Bonchev–Trinajstić information content (AvgIpc) is 2.67. The van der Waals surface area contributed by atoms with Crippen molar-refractivity contribution in [2.75, 3.05) is 13.1 Å². The SMILES string of the molecule is CC(C)(C)c1[nH]ncc1C1CCNCC1. The summed E-state index contributed by atoms with van der Waals surface area (Å²) in [4.78, 5) is 0. The fourth-order valence-corrected chi connectivity index (χ4v) is 2.34. The lowest BCUT2D eigenvalue weighted by molar-refractivity contribution is 0.449. The van der Waals surface area contributed by atoms with Crippen LogP contribution in [0.1, 0.15) is 50.8 Å². The molecule has 0 spiro atoms. The van der Waals surface area contributed by atoms with Crippen LogP contribution in [0.2, 0.25) is 0 Å². The van der Waals surface area contributed by atoms with Crippen LogP contribution in [0.3, 0.4) is 0 Å². The molecular formula is C12H21N3. The van der Waals surface area contributed by atoms with Crippen molar-refractivity contribution in [3.63, 3.8) is 0 Å². The minimum absolute atomic E-state index is 0.177. The monoisotopic (exact) mass is 207 g/mol. The molecule has 0 amide bonds. The smallest absolute Gasteiger partial charge is 0.0525 e. The highest BCUT2D eigenvalue weighted by molar-refractivity contribution is 5.27. The Kier molecular flexibility index (Phi) is 2.83. The number of piperidine rings is 1. The standard InChI is InChI=1S/C12H21N3/c1-12(2,3)11-10(8-14-15-11)9-4-6-13-7-5-9/h8-9,13H,4-7H2,1-3H3,(H,14,15). The second-order valence-corrected chi connectivity index (χ2v) is 5.47. The molecule has 0 atom stereocenters. The summed E-state index contributed by atoms with van der Waals surface area (Å²) >= 11 is 0. The van der Waals surface area contributed by atoms with Crippen LogP contribution in [-0.2, 0) is 5.41 Å². The molecule has 1 fully saturated rings.